The van der Waals surface area contributed by atoms with Crippen molar-refractivity contribution in [3.63, 3.8) is 0 Å². The van der Waals surface area contributed by atoms with E-state index in [1.807, 2.05) is 48.5 Å². The summed E-state index contributed by atoms with van der Waals surface area (Å²) in [6.07, 6.45) is 3.57. The Balaban J connectivity index is 1.69. The van der Waals surface area contributed by atoms with Crippen molar-refractivity contribution in [3.8, 4) is 0 Å². The van der Waals surface area contributed by atoms with Crippen molar-refractivity contribution in [1.82, 2.24) is 9.40 Å². The van der Waals surface area contributed by atoms with Gasteiger partial charge in [0.1, 0.15) is 0 Å². The van der Waals surface area contributed by atoms with Gasteiger partial charge in [-0.15, -0.1) is 0 Å². The van der Waals surface area contributed by atoms with Crippen molar-refractivity contribution in [2.24, 2.45) is 16.8 Å². The summed E-state index contributed by atoms with van der Waals surface area (Å²) in [7, 11) is -3.83. The highest BCUT2D eigenvalue weighted by Gasteiger charge is 2.32. The summed E-state index contributed by atoms with van der Waals surface area (Å²) in [6, 6.07) is 20.2. The van der Waals surface area contributed by atoms with Crippen LogP contribution in [-0.2, 0) is 10.0 Å². The number of benzene rings is 3. The van der Waals surface area contributed by atoms with Crippen LogP contribution in [0, 0.1) is 11.3 Å². The predicted molar refractivity (Wildman–Crippen MR) is 123 cm³/mol. The van der Waals surface area contributed by atoms with Crippen LogP contribution in [0.25, 0.3) is 21.7 Å². The molecule has 0 bridgehead atoms. The second-order valence-corrected chi connectivity index (χ2v) is 9.48. The van der Waals surface area contributed by atoms with E-state index in [1.54, 1.807) is 24.4 Å². The van der Waals surface area contributed by atoms with E-state index in [0.29, 0.717) is 5.52 Å². The molecule has 0 unspecified atom stereocenters. The van der Waals surface area contributed by atoms with Gasteiger partial charge in [0.05, 0.1) is 16.1 Å². The van der Waals surface area contributed by atoms with Crippen LogP contribution in [0.15, 0.2) is 82.9 Å². The standard InChI is InChI=1S/C23H21N5O2S/c24-23(25)27-26-22(16-9-10-16)20-14-28(21-8-4-3-7-19(20)21)31(29,30)18-12-11-15-5-1-2-6-17(15)13-18/h1-8,11-14,16H,9-10H2,(H4,24,25,27)/b26-22+. The van der Waals surface area contributed by atoms with Gasteiger partial charge in [0.15, 0.2) is 0 Å². The molecule has 0 spiro atoms. The monoisotopic (exact) mass is 431 g/mol. The van der Waals surface area contributed by atoms with E-state index in [2.05, 4.69) is 10.5 Å². The summed E-state index contributed by atoms with van der Waals surface area (Å²) in [5, 5.41) is 14.4. The molecule has 1 saturated carbocycles. The van der Waals surface area contributed by atoms with Gasteiger partial charge in [-0.05, 0) is 41.8 Å². The summed E-state index contributed by atoms with van der Waals surface area (Å²) in [6.45, 7) is 0. The maximum Gasteiger partial charge on any atom is 0.268 e. The van der Waals surface area contributed by atoms with Crippen LogP contribution in [0.1, 0.15) is 18.4 Å². The zero-order chi connectivity index (χ0) is 21.6. The molecule has 0 aliphatic heterocycles. The van der Waals surface area contributed by atoms with Gasteiger partial charge in [-0.3, -0.25) is 5.41 Å². The van der Waals surface area contributed by atoms with Gasteiger partial charge in [-0.25, -0.2) is 17.8 Å². The van der Waals surface area contributed by atoms with Crippen molar-refractivity contribution in [3.05, 3.63) is 78.5 Å². The van der Waals surface area contributed by atoms with Gasteiger partial charge in [-0.2, -0.15) is 5.10 Å². The normalized spacial score (nSPS) is 14.8. The molecule has 7 nitrogen and oxygen atoms in total. The second kappa shape index (κ2) is 7.24. The molecule has 1 fully saturated rings. The number of nitrogens with zero attached hydrogens (tertiary/aromatic N) is 2. The molecule has 4 aromatic rings. The largest absolute Gasteiger partial charge is 0.369 e. The predicted octanol–water partition coefficient (Wildman–Crippen LogP) is 3.63. The lowest BCUT2D eigenvalue weighted by molar-refractivity contribution is 0.589. The van der Waals surface area contributed by atoms with Crippen LogP contribution >= 0.6 is 0 Å². The Hall–Kier alpha value is -3.65. The van der Waals surface area contributed by atoms with Gasteiger partial charge in [0.25, 0.3) is 10.0 Å². The Kier molecular flexibility index (Phi) is 4.51. The Morgan fingerprint density at radius 3 is 2.48 bits per heavy atom. The van der Waals surface area contributed by atoms with E-state index in [9.17, 15) is 8.42 Å². The molecule has 4 N–H and O–H groups in total. The average molecular weight is 432 g/mol. The number of hydrogen-bond donors (Lipinski definition) is 3. The number of rotatable bonds is 5. The minimum Gasteiger partial charge on any atom is -0.369 e. The molecule has 0 atom stereocenters. The zero-order valence-electron chi connectivity index (χ0n) is 16.6. The fraction of sp³-hybridized carbons (Fsp3) is 0.130. The molecule has 0 radical (unpaired) electrons. The Morgan fingerprint density at radius 2 is 1.74 bits per heavy atom. The van der Waals surface area contributed by atoms with Crippen LogP contribution in [-0.4, -0.2) is 24.1 Å². The average Bonchev–Trinajstić information content (AvgIpc) is 3.53. The summed E-state index contributed by atoms with van der Waals surface area (Å²) >= 11 is 0. The molecule has 0 amide bonds. The minimum atomic E-state index is -3.83. The molecule has 8 heteroatoms. The Morgan fingerprint density at radius 1 is 1.03 bits per heavy atom. The number of para-hydroxylation sites is 1. The van der Waals surface area contributed by atoms with Crippen molar-refractivity contribution in [2.75, 3.05) is 0 Å². The molecular formula is C23H21N5O2S. The van der Waals surface area contributed by atoms with Crippen LogP contribution in [0.3, 0.4) is 0 Å². The maximum absolute atomic E-state index is 13.6. The van der Waals surface area contributed by atoms with Crippen molar-refractivity contribution < 1.29 is 8.42 Å². The number of nitrogens with one attached hydrogen (secondary N) is 2. The van der Waals surface area contributed by atoms with Gasteiger partial charge in [0, 0.05) is 23.1 Å². The molecule has 0 saturated heterocycles. The molecule has 5 rings (SSSR count). The summed E-state index contributed by atoms with van der Waals surface area (Å²) < 4.78 is 28.6. The number of guanidine groups is 1. The fourth-order valence-electron chi connectivity index (χ4n) is 3.84. The third-order valence-corrected chi connectivity index (χ3v) is 7.16. The fourth-order valence-corrected chi connectivity index (χ4v) is 5.25. The van der Waals surface area contributed by atoms with Crippen LogP contribution in [0.4, 0.5) is 0 Å². The number of fused-ring (bicyclic) bond motifs is 2. The highest BCUT2D eigenvalue weighted by molar-refractivity contribution is 7.90. The number of hydrogen-bond acceptors (Lipinski definition) is 4. The van der Waals surface area contributed by atoms with E-state index >= 15 is 0 Å². The first kappa shape index (κ1) is 19.3. The third kappa shape index (κ3) is 3.44. The number of nitrogens with two attached hydrogens (primary N) is 1. The molecule has 1 aliphatic rings. The molecule has 1 heterocycles. The Labute approximate surface area is 179 Å². The smallest absolute Gasteiger partial charge is 0.268 e. The van der Waals surface area contributed by atoms with Crippen molar-refractivity contribution in [1.29, 1.82) is 5.41 Å². The highest BCUT2D eigenvalue weighted by atomic mass is 32.2. The zero-order valence-corrected chi connectivity index (χ0v) is 17.4. The van der Waals surface area contributed by atoms with Crippen molar-refractivity contribution in [2.45, 2.75) is 17.7 Å². The minimum absolute atomic E-state index is 0.217. The van der Waals surface area contributed by atoms with Gasteiger partial charge >= 0.3 is 0 Å². The second-order valence-electron chi connectivity index (χ2n) is 7.67. The SMILES string of the molecule is N=C(N)N/N=C(/c1cn(S(=O)(=O)c2ccc3ccccc3c2)c2ccccc12)C1CC1. The molecule has 3 aromatic carbocycles. The molecule has 1 aliphatic carbocycles. The van der Waals surface area contributed by atoms with Crippen LogP contribution < -0.4 is 11.2 Å². The first-order valence-electron chi connectivity index (χ1n) is 9.97. The lowest BCUT2D eigenvalue weighted by Crippen LogP contribution is -2.27. The van der Waals surface area contributed by atoms with E-state index in [4.69, 9.17) is 11.1 Å². The third-order valence-electron chi connectivity index (χ3n) is 5.49. The molecule has 1 aromatic heterocycles. The van der Waals surface area contributed by atoms with Crippen molar-refractivity contribution >= 4 is 43.4 Å². The summed E-state index contributed by atoms with van der Waals surface area (Å²) in [5.74, 6) is -0.0415. The number of aromatic nitrogens is 1. The van der Waals surface area contributed by atoms with Gasteiger partial charge in [-0.1, -0.05) is 48.5 Å². The lowest BCUT2D eigenvalue weighted by atomic mass is 10.1. The summed E-state index contributed by atoms with van der Waals surface area (Å²) in [5.41, 5.74) is 9.97. The summed E-state index contributed by atoms with van der Waals surface area (Å²) in [4.78, 5) is 0.227. The van der Waals surface area contributed by atoms with Crippen LogP contribution in [0.5, 0.6) is 0 Å². The molecule has 156 valence electrons. The van der Waals surface area contributed by atoms with E-state index in [1.165, 1.54) is 3.97 Å². The van der Waals surface area contributed by atoms with E-state index < -0.39 is 10.0 Å². The first-order chi connectivity index (χ1) is 14.9. The van der Waals surface area contributed by atoms with E-state index in [0.717, 1.165) is 40.3 Å². The maximum atomic E-state index is 13.6. The molecule has 31 heavy (non-hydrogen) atoms. The molecular weight excluding hydrogens is 410 g/mol. The first-order valence-corrected chi connectivity index (χ1v) is 11.4. The highest BCUT2D eigenvalue weighted by Crippen LogP contribution is 2.37. The van der Waals surface area contributed by atoms with Gasteiger partial charge in [0.2, 0.25) is 5.96 Å². The number of hydrazone groups is 1. The van der Waals surface area contributed by atoms with Crippen LogP contribution in [0.2, 0.25) is 0 Å². The quantitative estimate of drug-likeness (QED) is 0.254. The Bertz CT molecular complexity index is 1470. The van der Waals surface area contributed by atoms with E-state index in [-0.39, 0.29) is 16.8 Å². The topological polar surface area (TPSA) is 113 Å². The van der Waals surface area contributed by atoms with Gasteiger partial charge < -0.3 is 5.73 Å². The lowest BCUT2D eigenvalue weighted by Gasteiger charge is -2.09.